The van der Waals surface area contributed by atoms with Gasteiger partial charge in [-0.1, -0.05) is 44.2 Å². The molecule has 1 aliphatic rings. The quantitative estimate of drug-likeness (QED) is 0.600. The summed E-state index contributed by atoms with van der Waals surface area (Å²) in [6, 6.07) is 17.7. The first kappa shape index (κ1) is 18.8. The maximum atomic E-state index is 11.9. The summed E-state index contributed by atoms with van der Waals surface area (Å²) in [5, 5.41) is 0. The zero-order chi connectivity index (χ0) is 15.2. The number of rotatable bonds is 2. The minimum atomic E-state index is 0. The van der Waals surface area contributed by atoms with E-state index < -0.39 is 0 Å². The van der Waals surface area contributed by atoms with Gasteiger partial charge < -0.3 is 11.7 Å². The average Bonchev–Trinajstić information content (AvgIpc) is 2.56. The van der Waals surface area contributed by atoms with Gasteiger partial charge in [0, 0.05) is 6.42 Å². The van der Waals surface area contributed by atoms with Gasteiger partial charge in [0.25, 0.3) is 0 Å². The van der Waals surface area contributed by atoms with Crippen LogP contribution in [0.1, 0.15) is 48.4 Å². The number of carbonyl (C=O) groups is 1. The predicted molar refractivity (Wildman–Crippen MR) is 87.3 cm³/mol. The predicted octanol–water partition coefficient (Wildman–Crippen LogP) is 4.53. The molecule has 0 fully saturated rings. The largest absolute Gasteiger partial charge is 2.00 e. The molecular weight excluding hydrogens is 440 g/mol. The third kappa shape index (κ3) is 4.17. The molecule has 0 bridgehead atoms. The van der Waals surface area contributed by atoms with Crippen molar-refractivity contribution < 1.29 is 25.9 Å². The van der Waals surface area contributed by atoms with E-state index in [9.17, 15) is 4.79 Å². The summed E-state index contributed by atoms with van der Waals surface area (Å²) in [5.74, 6) is 0.509. The minimum Gasteiger partial charge on any atom is -0.341 e. The van der Waals surface area contributed by atoms with Gasteiger partial charge in [-0.25, -0.2) is 0 Å². The SMILES string of the molecule is CC.[CH2-]Cc1[c-]cc2c(c1)C(c1ccccc1)CC(=O)C2.[W+2]. The van der Waals surface area contributed by atoms with Crippen LogP contribution in [0.4, 0.5) is 0 Å². The van der Waals surface area contributed by atoms with E-state index in [2.05, 4.69) is 31.2 Å². The Morgan fingerprint density at radius 1 is 1.23 bits per heavy atom. The van der Waals surface area contributed by atoms with Crippen LogP contribution < -0.4 is 0 Å². The monoisotopic (exact) mass is 462 g/mol. The van der Waals surface area contributed by atoms with Gasteiger partial charge in [0.15, 0.2) is 0 Å². The van der Waals surface area contributed by atoms with E-state index in [0.717, 1.165) is 17.5 Å². The van der Waals surface area contributed by atoms with Crippen molar-refractivity contribution >= 4 is 5.78 Å². The van der Waals surface area contributed by atoms with Gasteiger partial charge >= 0.3 is 21.1 Å². The van der Waals surface area contributed by atoms with Crippen molar-refractivity contribution in [3.05, 3.63) is 77.7 Å². The van der Waals surface area contributed by atoms with Crippen molar-refractivity contribution in [2.75, 3.05) is 0 Å². The summed E-state index contributed by atoms with van der Waals surface area (Å²) in [4.78, 5) is 11.9. The van der Waals surface area contributed by atoms with Crippen molar-refractivity contribution in [1.29, 1.82) is 0 Å². The van der Waals surface area contributed by atoms with E-state index >= 15 is 0 Å². The fraction of sp³-hybridized carbons (Fsp3) is 0.300. The summed E-state index contributed by atoms with van der Waals surface area (Å²) >= 11 is 0. The summed E-state index contributed by atoms with van der Waals surface area (Å²) in [7, 11) is 0. The Morgan fingerprint density at radius 3 is 2.55 bits per heavy atom. The summed E-state index contributed by atoms with van der Waals surface area (Å²) in [5.41, 5.74) is 4.75. The molecule has 0 heterocycles. The fourth-order valence-electron chi connectivity index (χ4n) is 2.81. The number of Topliss-reactive ketones (excluding diaryl/α,β-unsaturated/α-hetero) is 1. The molecule has 114 valence electrons. The van der Waals surface area contributed by atoms with Crippen LogP contribution in [0, 0.1) is 13.0 Å². The minimum absolute atomic E-state index is 0. The molecule has 1 aliphatic carbocycles. The van der Waals surface area contributed by atoms with Crippen LogP contribution in [0.25, 0.3) is 0 Å². The third-order valence-corrected chi connectivity index (χ3v) is 3.80. The number of hydrogen-bond donors (Lipinski definition) is 0. The van der Waals surface area contributed by atoms with Gasteiger partial charge in [0.1, 0.15) is 5.78 Å². The Labute approximate surface area is 148 Å². The zero-order valence-electron chi connectivity index (χ0n) is 13.3. The molecule has 0 N–H and O–H groups in total. The van der Waals surface area contributed by atoms with E-state index in [1.165, 1.54) is 11.1 Å². The Balaban J connectivity index is 0.000000775. The molecule has 0 spiro atoms. The number of carbonyl (C=O) groups excluding carboxylic acids is 1. The average molecular weight is 462 g/mol. The zero-order valence-corrected chi connectivity index (χ0v) is 16.2. The van der Waals surface area contributed by atoms with E-state index in [4.69, 9.17) is 0 Å². The molecule has 1 nitrogen and oxygen atoms in total. The molecule has 0 saturated heterocycles. The van der Waals surface area contributed by atoms with Crippen molar-refractivity contribution in [3.63, 3.8) is 0 Å². The number of benzene rings is 2. The summed E-state index contributed by atoms with van der Waals surface area (Å²) in [6.07, 6.45) is 1.90. The molecule has 0 amide bonds. The molecule has 2 aromatic rings. The van der Waals surface area contributed by atoms with E-state index in [1.54, 1.807) is 0 Å². The first-order valence-electron chi connectivity index (χ1n) is 7.67. The molecule has 0 saturated carbocycles. The molecule has 0 aliphatic heterocycles. The van der Waals surface area contributed by atoms with Gasteiger partial charge in [-0.05, 0) is 17.9 Å². The molecule has 0 aromatic heterocycles. The topological polar surface area (TPSA) is 17.1 Å². The van der Waals surface area contributed by atoms with Crippen LogP contribution in [0.2, 0.25) is 0 Å². The van der Waals surface area contributed by atoms with Gasteiger partial charge in [-0.2, -0.15) is 30.2 Å². The molecule has 3 rings (SSSR count). The van der Waals surface area contributed by atoms with Crippen LogP contribution in [0.5, 0.6) is 0 Å². The van der Waals surface area contributed by atoms with Crippen LogP contribution in [-0.2, 0) is 38.7 Å². The van der Waals surface area contributed by atoms with Gasteiger partial charge in [-0.15, -0.1) is 11.1 Å². The van der Waals surface area contributed by atoms with E-state index in [-0.39, 0.29) is 27.0 Å². The molecule has 2 heteroatoms. The second-order valence-corrected chi connectivity index (χ2v) is 5.07. The number of ketones is 1. The maximum Gasteiger partial charge on any atom is 2.00 e. The van der Waals surface area contributed by atoms with Crippen LogP contribution in [-0.4, -0.2) is 5.78 Å². The van der Waals surface area contributed by atoms with Crippen molar-refractivity contribution in [1.82, 2.24) is 0 Å². The Morgan fingerprint density at radius 2 is 1.91 bits per heavy atom. The summed E-state index contributed by atoms with van der Waals surface area (Å²) < 4.78 is 0. The van der Waals surface area contributed by atoms with E-state index in [1.807, 2.05) is 38.1 Å². The molecule has 1 unspecified atom stereocenters. The molecule has 0 radical (unpaired) electrons. The third-order valence-electron chi connectivity index (χ3n) is 3.80. The van der Waals surface area contributed by atoms with Gasteiger partial charge in [0.05, 0.1) is 0 Å². The normalized spacial score (nSPS) is 16.0. The second-order valence-electron chi connectivity index (χ2n) is 5.07. The first-order chi connectivity index (χ1) is 10.3. The molecule has 2 aromatic carbocycles. The van der Waals surface area contributed by atoms with Crippen molar-refractivity contribution in [2.45, 2.75) is 39.0 Å². The summed E-state index contributed by atoms with van der Waals surface area (Å²) in [6.45, 7) is 7.92. The number of hydrogen-bond acceptors (Lipinski definition) is 1. The molecule has 1 atom stereocenters. The maximum absolute atomic E-state index is 11.9. The first-order valence-corrected chi connectivity index (χ1v) is 7.67. The fourth-order valence-corrected chi connectivity index (χ4v) is 2.81. The van der Waals surface area contributed by atoms with E-state index in [0.29, 0.717) is 18.6 Å². The Kier molecular flexibility index (Phi) is 7.76. The number of fused-ring (bicyclic) bond motifs is 1. The molecular formula is C20H22OW. The smallest absolute Gasteiger partial charge is 0.341 e. The standard InChI is InChI=1S/C18H16O.C2H6.W/c1-2-13-8-9-15-11-16(19)12-18(17(15)10-13)14-6-4-3-5-7-14;1-2;/h3-7,9-10,18H,1-2,11-12H2;1-2H3;/q-2;;+2. The van der Waals surface area contributed by atoms with Gasteiger partial charge in [0.2, 0.25) is 0 Å². The Bertz CT molecular complexity index is 604. The van der Waals surface area contributed by atoms with Crippen molar-refractivity contribution in [2.24, 2.45) is 0 Å². The molecule has 22 heavy (non-hydrogen) atoms. The Hall–Kier alpha value is -1.20. The van der Waals surface area contributed by atoms with Crippen LogP contribution in [0.15, 0.2) is 42.5 Å². The second kappa shape index (κ2) is 9.05. The van der Waals surface area contributed by atoms with Crippen LogP contribution in [0.3, 0.4) is 0 Å². The van der Waals surface area contributed by atoms with Crippen LogP contribution >= 0.6 is 0 Å². The van der Waals surface area contributed by atoms with Gasteiger partial charge in [-0.3, -0.25) is 0 Å². The van der Waals surface area contributed by atoms with Crippen molar-refractivity contribution in [3.8, 4) is 0 Å².